The Kier molecular flexibility index (Phi) is 1.24. The molecule has 0 N–H and O–H groups in total. The van der Waals surface area contributed by atoms with Gasteiger partial charge < -0.3 is 4.74 Å². The van der Waals surface area contributed by atoms with Gasteiger partial charge in [0.1, 0.15) is 5.60 Å². The predicted octanol–water partition coefficient (Wildman–Crippen LogP) is 1.21. The van der Waals surface area contributed by atoms with E-state index in [0.717, 1.165) is 0 Å². The maximum absolute atomic E-state index is 5.20. The van der Waals surface area contributed by atoms with Crippen molar-refractivity contribution in [3.63, 3.8) is 0 Å². The minimum absolute atomic E-state index is 0.152. The molecule has 0 aliphatic heterocycles. The van der Waals surface area contributed by atoms with E-state index in [9.17, 15) is 0 Å². The van der Waals surface area contributed by atoms with Gasteiger partial charge in [-0.15, -0.1) is 0 Å². The summed E-state index contributed by atoms with van der Waals surface area (Å²) in [6.45, 7) is 2.09. The van der Waals surface area contributed by atoms with Crippen LogP contribution in [0.2, 0.25) is 0 Å². The van der Waals surface area contributed by atoms with E-state index in [1.165, 1.54) is 19.2 Å². The number of hydrogen-bond donors (Lipinski definition) is 0. The molecule has 1 fully saturated rings. The molecule has 2 heteroatoms. The highest BCUT2D eigenvalue weighted by molar-refractivity contribution is 5.47. The van der Waals surface area contributed by atoms with Gasteiger partial charge in [-0.1, -0.05) is 0 Å². The molecule has 0 aromatic heterocycles. The highest BCUT2D eigenvalue weighted by atomic mass is 16.5. The smallest absolute Gasteiger partial charge is 0.169 e. The van der Waals surface area contributed by atoms with E-state index in [0.29, 0.717) is 0 Å². The highest BCUT2D eigenvalue weighted by Crippen LogP contribution is 2.37. The zero-order chi connectivity index (χ0) is 6.04. The van der Waals surface area contributed by atoms with Gasteiger partial charge in [0, 0.05) is 7.05 Å². The van der Waals surface area contributed by atoms with Crippen LogP contribution in [0.4, 0.5) is 0 Å². The van der Waals surface area contributed by atoms with Crippen molar-refractivity contribution in [2.75, 3.05) is 7.05 Å². The van der Waals surface area contributed by atoms with Gasteiger partial charge in [-0.05, 0) is 19.8 Å². The van der Waals surface area contributed by atoms with E-state index in [1.807, 2.05) is 0 Å². The summed E-state index contributed by atoms with van der Waals surface area (Å²) < 4.78 is 5.20. The summed E-state index contributed by atoms with van der Waals surface area (Å²) in [5.41, 5.74) is 0.152. The van der Waals surface area contributed by atoms with Crippen molar-refractivity contribution < 1.29 is 4.74 Å². The first-order chi connectivity index (χ1) is 3.77. The molecule has 46 valence electrons. The van der Waals surface area contributed by atoms with Gasteiger partial charge in [0.15, 0.2) is 6.40 Å². The van der Waals surface area contributed by atoms with E-state index in [4.69, 9.17) is 4.74 Å². The normalized spacial score (nSPS) is 23.8. The van der Waals surface area contributed by atoms with Crippen LogP contribution >= 0.6 is 0 Å². The summed E-state index contributed by atoms with van der Waals surface area (Å²) in [4.78, 5) is 3.71. The molecule has 0 radical (unpaired) electrons. The third-order valence-corrected chi connectivity index (χ3v) is 1.40. The Balaban J connectivity index is 2.19. The van der Waals surface area contributed by atoms with Crippen LogP contribution in [0, 0.1) is 0 Å². The molecule has 0 aromatic carbocycles. The van der Waals surface area contributed by atoms with E-state index < -0.39 is 0 Å². The fourth-order valence-electron chi connectivity index (χ4n) is 0.474. The zero-order valence-electron chi connectivity index (χ0n) is 5.35. The largest absolute Gasteiger partial charge is 0.477 e. The molecular weight excluding hydrogens is 102 g/mol. The third-order valence-electron chi connectivity index (χ3n) is 1.40. The Labute approximate surface area is 49.6 Å². The molecule has 2 nitrogen and oxygen atoms in total. The Morgan fingerprint density at radius 3 is 2.62 bits per heavy atom. The lowest BCUT2D eigenvalue weighted by Crippen LogP contribution is -2.05. The summed E-state index contributed by atoms with van der Waals surface area (Å²) in [6.07, 6.45) is 3.88. The van der Waals surface area contributed by atoms with Crippen LogP contribution in [0.3, 0.4) is 0 Å². The average Bonchev–Trinajstić information content (AvgIpc) is 2.45. The molecule has 8 heavy (non-hydrogen) atoms. The topological polar surface area (TPSA) is 21.6 Å². The van der Waals surface area contributed by atoms with Gasteiger partial charge in [-0.3, -0.25) is 4.99 Å². The highest BCUT2D eigenvalue weighted by Gasteiger charge is 2.39. The first-order valence-electron chi connectivity index (χ1n) is 2.85. The molecule has 1 saturated carbocycles. The van der Waals surface area contributed by atoms with Crippen molar-refractivity contribution >= 4 is 6.40 Å². The predicted molar refractivity (Wildman–Crippen MR) is 33.1 cm³/mol. The van der Waals surface area contributed by atoms with Gasteiger partial charge in [0.05, 0.1) is 0 Å². The van der Waals surface area contributed by atoms with Gasteiger partial charge >= 0.3 is 0 Å². The first-order valence-corrected chi connectivity index (χ1v) is 2.85. The van der Waals surface area contributed by atoms with Crippen molar-refractivity contribution in [1.29, 1.82) is 0 Å². The van der Waals surface area contributed by atoms with Crippen LogP contribution < -0.4 is 0 Å². The second-order valence-electron chi connectivity index (χ2n) is 2.43. The summed E-state index contributed by atoms with van der Waals surface area (Å²) in [5, 5.41) is 0. The van der Waals surface area contributed by atoms with Crippen molar-refractivity contribution in [3.05, 3.63) is 0 Å². The number of rotatable bonds is 2. The Bertz CT molecular complexity index is 105. The van der Waals surface area contributed by atoms with Crippen molar-refractivity contribution in [2.24, 2.45) is 4.99 Å². The minimum atomic E-state index is 0.152. The van der Waals surface area contributed by atoms with Crippen molar-refractivity contribution in [2.45, 2.75) is 25.4 Å². The number of nitrogens with zero attached hydrogens (tertiary/aromatic N) is 1. The second-order valence-corrected chi connectivity index (χ2v) is 2.43. The molecule has 1 aliphatic rings. The summed E-state index contributed by atoms with van der Waals surface area (Å²) >= 11 is 0. The number of aliphatic imine (C=N–C) groups is 1. The molecule has 0 bridgehead atoms. The third kappa shape index (κ3) is 1.22. The quantitative estimate of drug-likeness (QED) is 0.389. The fourth-order valence-corrected chi connectivity index (χ4v) is 0.474. The SMILES string of the molecule is CN=COC1(C)CC1. The summed E-state index contributed by atoms with van der Waals surface area (Å²) in [7, 11) is 1.71. The Morgan fingerprint density at radius 2 is 2.25 bits per heavy atom. The molecule has 0 amide bonds. The van der Waals surface area contributed by atoms with Crippen LogP contribution in [-0.2, 0) is 4.74 Å². The molecule has 0 unspecified atom stereocenters. The van der Waals surface area contributed by atoms with E-state index in [1.54, 1.807) is 7.05 Å². The minimum Gasteiger partial charge on any atom is -0.477 e. The summed E-state index contributed by atoms with van der Waals surface area (Å²) in [5.74, 6) is 0. The van der Waals surface area contributed by atoms with Gasteiger partial charge in [0.25, 0.3) is 0 Å². The molecule has 0 atom stereocenters. The molecule has 1 rings (SSSR count). The van der Waals surface area contributed by atoms with Crippen LogP contribution in [0.5, 0.6) is 0 Å². The van der Waals surface area contributed by atoms with E-state index >= 15 is 0 Å². The lowest BCUT2D eigenvalue weighted by molar-refractivity contribution is 0.197. The van der Waals surface area contributed by atoms with Crippen LogP contribution in [0.15, 0.2) is 4.99 Å². The monoisotopic (exact) mass is 113 g/mol. The Morgan fingerprint density at radius 1 is 1.62 bits per heavy atom. The molecule has 1 aliphatic carbocycles. The molecular formula is C6H11NO. The van der Waals surface area contributed by atoms with Gasteiger partial charge in [-0.2, -0.15) is 0 Å². The first kappa shape index (κ1) is 5.60. The van der Waals surface area contributed by atoms with Crippen LogP contribution in [-0.4, -0.2) is 19.0 Å². The van der Waals surface area contributed by atoms with Crippen molar-refractivity contribution in [3.8, 4) is 0 Å². The van der Waals surface area contributed by atoms with Crippen LogP contribution in [0.1, 0.15) is 19.8 Å². The van der Waals surface area contributed by atoms with Gasteiger partial charge in [0.2, 0.25) is 0 Å². The average molecular weight is 113 g/mol. The van der Waals surface area contributed by atoms with Crippen molar-refractivity contribution in [1.82, 2.24) is 0 Å². The second kappa shape index (κ2) is 1.77. The number of ether oxygens (including phenoxy) is 1. The standard InChI is InChI=1S/C6H11NO/c1-6(3-4-6)8-5-7-2/h5H,3-4H2,1-2H3. The van der Waals surface area contributed by atoms with Crippen LogP contribution in [0.25, 0.3) is 0 Å². The van der Waals surface area contributed by atoms with E-state index in [-0.39, 0.29) is 5.60 Å². The maximum Gasteiger partial charge on any atom is 0.169 e. The molecule has 0 heterocycles. The lowest BCUT2D eigenvalue weighted by atomic mass is 10.4. The number of hydrogen-bond acceptors (Lipinski definition) is 2. The van der Waals surface area contributed by atoms with Gasteiger partial charge in [-0.25, -0.2) is 0 Å². The molecule has 0 spiro atoms. The fraction of sp³-hybridized carbons (Fsp3) is 0.833. The Hall–Kier alpha value is -0.530. The molecule has 0 saturated heterocycles. The maximum atomic E-state index is 5.20. The molecule has 0 aromatic rings. The lowest BCUT2D eigenvalue weighted by Gasteiger charge is -2.04. The summed E-state index contributed by atoms with van der Waals surface area (Å²) in [6, 6.07) is 0. The zero-order valence-corrected chi connectivity index (χ0v) is 5.35. The van der Waals surface area contributed by atoms with E-state index in [2.05, 4.69) is 11.9 Å².